The lowest BCUT2D eigenvalue weighted by molar-refractivity contribution is 0.0779. The van der Waals surface area contributed by atoms with Crippen molar-refractivity contribution < 1.29 is 13.2 Å². The van der Waals surface area contributed by atoms with Gasteiger partial charge in [0.15, 0.2) is 0 Å². The molecule has 6 heteroatoms. The Bertz CT molecular complexity index is 608. The van der Waals surface area contributed by atoms with E-state index < -0.39 is 10.0 Å². The molecule has 0 aliphatic carbocycles. The van der Waals surface area contributed by atoms with E-state index in [9.17, 15) is 13.2 Å². The smallest absolute Gasteiger partial charge is 0.253 e. The van der Waals surface area contributed by atoms with Crippen LogP contribution in [0.5, 0.6) is 0 Å². The van der Waals surface area contributed by atoms with E-state index in [0.717, 1.165) is 0 Å². The van der Waals surface area contributed by atoms with Crippen molar-refractivity contribution in [2.24, 2.45) is 5.92 Å². The third-order valence-electron chi connectivity index (χ3n) is 3.41. The molecule has 0 saturated heterocycles. The number of rotatable bonds is 7. The maximum absolute atomic E-state index is 12.5. The van der Waals surface area contributed by atoms with Gasteiger partial charge in [0, 0.05) is 32.2 Å². The van der Waals surface area contributed by atoms with Gasteiger partial charge in [-0.1, -0.05) is 33.8 Å². The largest absolute Gasteiger partial charge is 0.341 e. The van der Waals surface area contributed by atoms with Crippen molar-refractivity contribution in [2.45, 2.75) is 32.6 Å². The standard InChI is InChI=1S/C16H26N2O3S/c1-6-18(7-2)22(20,21)15-10-8-9-14(11-15)16(19)17(5)12-13(3)4/h8-11,13H,6-7,12H2,1-5H3. The molecule has 0 fully saturated rings. The fraction of sp³-hybridized carbons (Fsp3) is 0.562. The first-order valence-corrected chi connectivity index (χ1v) is 9.03. The van der Waals surface area contributed by atoms with E-state index >= 15 is 0 Å². The van der Waals surface area contributed by atoms with Gasteiger partial charge in [0.05, 0.1) is 4.90 Å². The van der Waals surface area contributed by atoms with Gasteiger partial charge >= 0.3 is 0 Å². The highest BCUT2D eigenvalue weighted by Gasteiger charge is 2.23. The van der Waals surface area contributed by atoms with Gasteiger partial charge in [-0.15, -0.1) is 0 Å². The highest BCUT2D eigenvalue weighted by Crippen LogP contribution is 2.18. The van der Waals surface area contributed by atoms with Gasteiger partial charge in [-0.05, 0) is 24.1 Å². The summed E-state index contributed by atoms with van der Waals surface area (Å²) in [5, 5.41) is 0. The number of hydrogen-bond donors (Lipinski definition) is 0. The summed E-state index contributed by atoms with van der Waals surface area (Å²) in [7, 11) is -1.81. The summed E-state index contributed by atoms with van der Waals surface area (Å²) in [5.41, 5.74) is 0.399. The molecule has 0 atom stereocenters. The van der Waals surface area contributed by atoms with Crippen LogP contribution in [-0.2, 0) is 10.0 Å². The number of nitrogens with zero attached hydrogens (tertiary/aromatic N) is 2. The Morgan fingerprint density at radius 3 is 2.27 bits per heavy atom. The fourth-order valence-corrected chi connectivity index (χ4v) is 3.86. The Hall–Kier alpha value is -1.40. The first-order chi connectivity index (χ1) is 10.2. The SMILES string of the molecule is CCN(CC)S(=O)(=O)c1cccc(C(=O)N(C)CC(C)C)c1. The molecule has 22 heavy (non-hydrogen) atoms. The lowest BCUT2D eigenvalue weighted by Crippen LogP contribution is -2.32. The molecule has 0 unspecified atom stereocenters. The van der Waals surface area contributed by atoms with E-state index in [1.807, 2.05) is 13.8 Å². The monoisotopic (exact) mass is 326 g/mol. The average molecular weight is 326 g/mol. The molecule has 0 bridgehead atoms. The van der Waals surface area contributed by atoms with E-state index in [1.54, 1.807) is 37.9 Å². The Labute approximate surface area is 134 Å². The number of hydrogen-bond acceptors (Lipinski definition) is 3. The first-order valence-electron chi connectivity index (χ1n) is 7.59. The topological polar surface area (TPSA) is 57.7 Å². The summed E-state index contributed by atoms with van der Waals surface area (Å²) in [6.07, 6.45) is 0. The van der Waals surface area contributed by atoms with E-state index in [0.29, 0.717) is 31.1 Å². The Morgan fingerprint density at radius 2 is 1.77 bits per heavy atom. The minimum atomic E-state index is -3.54. The van der Waals surface area contributed by atoms with Crippen LogP contribution in [0.3, 0.4) is 0 Å². The summed E-state index contributed by atoms with van der Waals surface area (Å²) in [6.45, 7) is 9.11. The van der Waals surface area contributed by atoms with Gasteiger partial charge < -0.3 is 4.90 Å². The predicted octanol–water partition coefficient (Wildman–Crippen LogP) is 2.45. The predicted molar refractivity (Wildman–Crippen MR) is 88.3 cm³/mol. The molecule has 0 heterocycles. The number of carbonyl (C=O) groups is 1. The van der Waals surface area contributed by atoms with Gasteiger partial charge in [0.1, 0.15) is 0 Å². The average Bonchev–Trinajstić information content (AvgIpc) is 2.46. The van der Waals surface area contributed by atoms with E-state index in [1.165, 1.54) is 16.4 Å². The van der Waals surface area contributed by atoms with Crippen molar-refractivity contribution in [3.05, 3.63) is 29.8 Å². The minimum absolute atomic E-state index is 0.162. The summed E-state index contributed by atoms with van der Waals surface area (Å²) in [5.74, 6) is 0.196. The molecule has 0 spiro atoms. The van der Waals surface area contributed by atoms with Crippen LogP contribution in [0.1, 0.15) is 38.1 Å². The zero-order chi connectivity index (χ0) is 16.9. The van der Waals surface area contributed by atoms with Crippen molar-refractivity contribution in [3.63, 3.8) is 0 Å². The quantitative estimate of drug-likeness (QED) is 0.773. The maximum Gasteiger partial charge on any atom is 0.253 e. The zero-order valence-electron chi connectivity index (χ0n) is 14.0. The summed E-state index contributed by atoms with van der Waals surface area (Å²) < 4.78 is 26.4. The molecule has 124 valence electrons. The van der Waals surface area contributed by atoms with Gasteiger partial charge in [-0.25, -0.2) is 8.42 Å². The minimum Gasteiger partial charge on any atom is -0.341 e. The van der Waals surface area contributed by atoms with Gasteiger partial charge in [0.25, 0.3) is 5.91 Å². The molecule has 0 N–H and O–H groups in total. The van der Waals surface area contributed by atoms with Crippen molar-refractivity contribution in [2.75, 3.05) is 26.7 Å². The molecule has 1 aromatic carbocycles. The maximum atomic E-state index is 12.5. The second-order valence-corrected chi connectivity index (χ2v) is 7.63. The molecule has 5 nitrogen and oxygen atoms in total. The molecular formula is C16H26N2O3S. The summed E-state index contributed by atoms with van der Waals surface area (Å²) >= 11 is 0. The van der Waals surface area contributed by atoms with Crippen LogP contribution >= 0.6 is 0 Å². The Morgan fingerprint density at radius 1 is 1.18 bits per heavy atom. The number of carbonyl (C=O) groups excluding carboxylic acids is 1. The molecule has 1 rings (SSSR count). The molecule has 0 saturated carbocycles. The highest BCUT2D eigenvalue weighted by molar-refractivity contribution is 7.89. The van der Waals surface area contributed by atoms with Gasteiger partial charge in [-0.3, -0.25) is 4.79 Å². The third kappa shape index (κ3) is 4.30. The summed E-state index contributed by atoms with van der Waals surface area (Å²) in [4.78, 5) is 14.2. The zero-order valence-corrected chi connectivity index (χ0v) is 14.9. The van der Waals surface area contributed by atoms with Crippen LogP contribution in [0.4, 0.5) is 0 Å². The van der Waals surface area contributed by atoms with E-state index in [2.05, 4.69) is 0 Å². The molecule has 0 aliphatic heterocycles. The van der Waals surface area contributed by atoms with Gasteiger partial charge in [0.2, 0.25) is 10.0 Å². The second-order valence-electron chi connectivity index (χ2n) is 5.70. The normalized spacial score (nSPS) is 12.0. The number of benzene rings is 1. The van der Waals surface area contributed by atoms with Gasteiger partial charge in [-0.2, -0.15) is 4.31 Å². The molecular weight excluding hydrogens is 300 g/mol. The van der Waals surface area contributed by atoms with E-state index in [4.69, 9.17) is 0 Å². The van der Waals surface area contributed by atoms with E-state index in [-0.39, 0.29) is 10.8 Å². The van der Waals surface area contributed by atoms with Crippen LogP contribution in [0, 0.1) is 5.92 Å². The molecule has 1 aromatic rings. The van der Waals surface area contributed by atoms with Crippen LogP contribution in [0.25, 0.3) is 0 Å². The fourth-order valence-electron chi connectivity index (χ4n) is 2.35. The van der Waals surface area contributed by atoms with Crippen LogP contribution in [0.15, 0.2) is 29.2 Å². The second kappa shape index (κ2) is 7.74. The highest BCUT2D eigenvalue weighted by atomic mass is 32.2. The lowest BCUT2D eigenvalue weighted by atomic mass is 10.1. The summed E-state index contributed by atoms with van der Waals surface area (Å²) in [6, 6.07) is 6.27. The molecule has 0 aromatic heterocycles. The van der Waals surface area contributed by atoms with Crippen LogP contribution < -0.4 is 0 Å². The first kappa shape index (κ1) is 18.6. The van der Waals surface area contributed by atoms with Crippen molar-refractivity contribution >= 4 is 15.9 Å². The number of amides is 1. The molecule has 0 radical (unpaired) electrons. The van der Waals surface area contributed by atoms with Crippen LogP contribution in [-0.4, -0.2) is 50.2 Å². The number of sulfonamides is 1. The van der Waals surface area contributed by atoms with Crippen molar-refractivity contribution in [1.82, 2.24) is 9.21 Å². The Kier molecular flexibility index (Phi) is 6.56. The molecule has 0 aliphatic rings. The third-order valence-corrected chi connectivity index (χ3v) is 5.46. The Balaban J connectivity index is 3.12. The van der Waals surface area contributed by atoms with Crippen LogP contribution in [0.2, 0.25) is 0 Å². The van der Waals surface area contributed by atoms with Crippen molar-refractivity contribution in [1.29, 1.82) is 0 Å². The molecule has 1 amide bonds. The van der Waals surface area contributed by atoms with Crippen molar-refractivity contribution in [3.8, 4) is 0 Å². The lowest BCUT2D eigenvalue weighted by Gasteiger charge is -2.21.